The summed E-state index contributed by atoms with van der Waals surface area (Å²) < 4.78 is 0. The first-order chi connectivity index (χ1) is 10.3. The monoisotopic (exact) mass is 307 g/mol. The summed E-state index contributed by atoms with van der Waals surface area (Å²) in [6, 6.07) is 2.76. The van der Waals surface area contributed by atoms with Gasteiger partial charge in [-0.15, -0.1) is 0 Å². The fourth-order valence-corrected chi connectivity index (χ4v) is 4.15. The van der Waals surface area contributed by atoms with Crippen LogP contribution in [0.15, 0.2) is 12.3 Å². The van der Waals surface area contributed by atoms with Crippen molar-refractivity contribution in [2.75, 3.05) is 18.0 Å². The molecule has 2 fully saturated rings. The third-order valence-electron chi connectivity index (χ3n) is 4.92. The van der Waals surface area contributed by atoms with Crippen LogP contribution < -0.4 is 10.2 Å². The lowest BCUT2D eigenvalue weighted by Crippen LogP contribution is -2.35. The molecule has 0 spiro atoms. The summed E-state index contributed by atoms with van der Waals surface area (Å²) in [6.07, 6.45) is 9.89. The van der Waals surface area contributed by atoms with Crippen LogP contribution in [-0.4, -0.2) is 24.1 Å². The Morgan fingerprint density at radius 2 is 2.19 bits per heavy atom. The average molecular weight is 308 g/mol. The lowest BCUT2D eigenvalue weighted by Gasteiger charge is -2.32. The van der Waals surface area contributed by atoms with Crippen LogP contribution in [-0.2, 0) is 6.54 Å². The molecule has 1 saturated heterocycles. The fraction of sp³-hybridized carbons (Fsp3) is 0.706. The highest BCUT2D eigenvalue weighted by Crippen LogP contribution is 2.40. The largest absolute Gasteiger partial charge is 0.352 e. The van der Waals surface area contributed by atoms with Crippen LogP contribution in [0.3, 0.4) is 0 Å². The number of anilines is 1. The molecule has 2 heterocycles. The SMILES string of the molecule is CCCNCc1cnc(N2CCC3CCCCC32)c(Cl)c1. The van der Waals surface area contributed by atoms with E-state index < -0.39 is 0 Å². The number of aromatic nitrogens is 1. The Morgan fingerprint density at radius 3 is 3.00 bits per heavy atom. The van der Waals surface area contributed by atoms with E-state index in [0.29, 0.717) is 6.04 Å². The van der Waals surface area contributed by atoms with Gasteiger partial charge in [-0.2, -0.15) is 0 Å². The Bertz CT molecular complexity index is 477. The molecular weight excluding hydrogens is 282 g/mol. The third-order valence-corrected chi connectivity index (χ3v) is 5.19. The number of nitrogens with zero attached hydrogens (tertiary/aromatic N) is 2. The van der Waals surface area contributed by atoms with Gasteiger partial charge in [0.2, 0.25) is 0 Å². The normalized spacial score (nSPS) is 25.1. The molecule has 2 atom stereocenters. The van der Waals surface area contributed by atoms with Gasteiger partial charge >= 0.3 is 0 Å². The summed E-state index contributed by atoms with van der Waals surface area (Å²) in [5.41, 5.74) is 1.18. The van der Waals surface area contributed by atoms with E-state index in [-0.39, 0.29) is 0 Å². The van der Waals surface area contributed by atoms with Crippen LogP contribution in [0.5, 0.6) is 0 Å². The number of hydrogen-bond acceptors (Lipinski definition) is 3. The molecule has 2 unspecified atom stereocenters. The minimum atomic E-state index is 0.674. The van der Waals surface area contributed by atoms with E-state index in [4.69, 9.17) is 11.6 Å². The third kappa shape index (κ3) is 3.35. The Morgan fingerprint density at radius 1 is 1.33 bits per heavy atom. The number of rotatable bonds is 5. The molecule has 1 aliphatic carbocycles. The van der Waals surface area contributed by atoms with Crippen molar-refractivity contribution in [2.24, 2.45) is 5.92 Å². The van der Waals surface area contributed by atoms with Crippen molar-refractivity contribution in [3.8, 4) is 0 Å². The van der Waals surface area contributed by atoms with Crippen molar-refractivity contribution >= 4 is 17.4 Å². The number of nitrogens with one attached hydrogen (secondary N) is 1. The molecule has 3 rings (SSSR count). The molecule has 1 saturated carbocycles. The Labute approximate surface area is 133 Å². The summed E-state index contributed by atoms with van der Waals surface area (Å²) in [4.78, 5) is 7.15. The first-order valence-corrected chi connectivity index (χ1v) is 8.79. The van der Waals surface area contributed by atoms with Crippen molar-refractivity contribution in [3.05, 3.63) is 22.8 Å². The van der Waals surface area contributed by atoms with Crippen LogP contribution in [0, 0.1) is 5.92 Å². The van der Waals surface area contributed by atoms with Crippen LogP contribution in [0.2, 0.25) is 5.02 Å². The molecule has 116 valence electrons. The van der Waals surface area contributed by atoms with Crippen LogP contribution in [0.25, 0.3) is 0 Å². The molecule has 1 aromatic rings. The number of pyridine rings is 1. The van der Waals surface area contributed by atoms with Crippen molar-refractivity contribution in [2.45, 2.75) is 58.0 Å². The molecular formula is C17H26ClN3. The summed E-state index contributed by atoms with van der Waals surface area (Å²) in [6.45, 7) is 5.19. The van der Waals surface area contributed by atoms with Crippen molar-refractivity contribution in [1.82, 2.24) is 10.3 Å². The topological polar surface area (TPSA) is 28.2 Å². The minimum Gasteiger partial charge on any atom is -0.352 e. The minimum absolute atomic E-state index is 0.674. The zero-order valence-corrected chi connectivity index (χ0v) is 13.7. The quantitative estimate of drug-likeness (QED) is 0.833. The van der Waals surface area contributed by atoms with Gasteiger partial charge in [-0.05, 0) is 49.8 Å². The molecule has 4 heteroatoms. The second kappa shape index (κ2) is 6.97. The molecule has 0 aromatic carbocycles. The van der Waals surface area contributed by atoms with E-state index in [9.17, 15) is 0 Å². The zero-order valence-electron chi connectivity index (χ0n) is 12.9. The van der Waals surface area contributed by atoms with Crippen LogP contribution in [0.4, 0.5) is 5.82 Å². The van der Waals surface area contributed by atoms with Gasteiger partial charge in [-0.25, -0.2) is 4.98 Å². The Balaban J connectivity index is 1.70. The van der Waals surface area contributed by atoms with Gasteiger partial charge in [0.1, 0.15) is 5.82 Å². The molecule has 2 aliphatic rings. The molecule has 0 bridgehead atoms. The molecule has 0 amide bonds. The molecule has 3 nitrogen and oxygen atoms in total. The maximum Gasteiger partial charge on any atom is 0.147 e. The highest BCUT2D eigenvalue weighted by Gasteiger charge is 2.36. The van der Waals surface area contributed by atoms with E-state index >= 15 is 0 Å². The lowest BCUT2D eigenvalue weighted by atomic mass is 9.85. The van der Waals surface area contributed by atoms with Crippen LogP contribution >= 0.6 is 11.6 Å². The predicted molar refractivity (Wildman–Crippen MR) is 89.0 cm³/mol. The smallest absolute Gasteiger partial charge is 0.147 e. The fourth-order valence-electron chi connectivity index (χ4n) is 3.86. The molecule has 1 N–H and O–H groups in total. The maximum atomic E-state index is 6.52. The van der Waals surface area contributed by atoms with Gasteiger partial charge in [-0.3, -0.25) is 0 Å². The van der Waals surface area contributed by atoms with Crippen molar-refractivity contribution in [1.29, 1.82) is 0 Å². The van der Waals surface area contributed by atoms with E-state index in [0.717, 1.165) is 42.8 Å². The summed E-state index contributed by atoms with van der Waals surface area (Å²) in [5, 5.41) is 4.22. The first-order valence-electron chi connectivity index (χ1n) is 8.41. The highest BCUT2D eigenvalue weighted by molar-refractivity contribution is 6.33. The van der Waals surface area contributed by atoms with Gasteiger partial charge < -0.3 is 10.2 Å². The molecule has 1 aromatic heterocycles. The van der Waals surface area contributed by atoms with Gasteiger partial charge in [0, 0.05) is 25.3 Å². The highest BCUT2D eigenvalue weighted by atomic mass is 35.5. The summed E-state index contributed by atoms with van der Waals surface area (Å²) >= 11 is 6.52. The van der Waals surface area contributed by atoms with Crippen molar-refractivity contribution in [3.63, 3.8) is 0 Å². The van der Waals surface area contributed by atoms with E-state index in [1.54, 1.807) is 0 Å². The van der Waals surface area contributed by atoms with E-state index in [1.807, 2.05) is 6.20 Å². The van der Waals surface area contributed by atoms with Gasteiger partial charge in [0.15, 0.2) is 0 Å². The number of hydrogen-bond donors (Lipinski definition) is 1. The zero-order chi connectivity index (χ0) is 14.7. The van der Waals surface area contributed by atoms with Crippen LogP contribution in [0.1, 0.15) is 51.0 Å². The van der Waals surface area contributed by atoms with E-state index in [1.165, 1.54) is 37.7 Å². The number of halogens is 1. The molecule has 0 radical (unpaired) electrons. The Hall–Kier alpha value is -0.800. The van der Waals surface area contributed by atoms with Gasteiger partial charge in [-0.1, -0.05) is 31.4 Å². The van der Waals surface area contributed by atoms with Gasteiger partial charge in [0.25, 0.3) is 0 Å². The lowest BCUT2D eigenvalue weighted by molar-refractivity contribution is 0.341. The molecule has 1 aliphatic heterocycles. The first kappa shape index (κ1) is 15.1. The summed E-state index contributed by atoms with van der Waals surface area (Å²) in [7, 11) is 0. The second-order valence-corrected chi connectivity index (χ2v) is 6.83. The number of fused-ring (bicyclic) bond motifs is 1. The summed E-state index contributed by atoms with van der Waals surface area (Å²) in [5.74, 6) is 1.87. The van der Waals surface area contributed by atoms with E-state index in [2.05, 4.69) is 28.2 Å². The predicted octanol–water partition coefficient (Wildman–Crippen LogP) is 4.00. The average Bonchev–Trinajstić information content (AvgIpc) is 2.92. The standard InChI is InChI=1S/C17H26ClN3/c1-2-8-19-11-13-10-15(18)17(20-12-13)21-9-7-14-5-3-4-6-16(14)21/h10,12,14,16,19H,2-9,11H2,1H3. The molecule has 21 heavy (non-hydrogen) atoms. The van der Waals surface area contributed by atoms with Gasteiger partial charge in [0.05, 0.1) is 5.02 Å². The second-order valence-electron chi connectivity index (χ2n) is 6.42. The maximum absolute atomic E-state index is 6.52. The van der Waals surface area contributed by atoms with Crippen molar-refractivity contribution < 1.29 is 0 Å². The Kier molecular flexibility index (Phi) is 5.02.